The molecular formula is C22H20N2O7. The van der Waals surface area contributed by atoms with Crippen LogP contribution in [-0.4, -0.2) is 64.2 Å². The van der Waals surface area contributed by atoms with E-state index >= 15 is 0 Å². The predicted octanol–water partition coefficient (Wildman–Crippen LogP) is 2.19. The number of imide groups is 1. The first-order chi connectivity index (χ1) is 14.9. The fourth-order valence-corrected chi connectivity index (χ4v) is 3.78. The first-order valence-corrected chi connectivity index (χ1v) is 9.76. The zero-order chi connectivity index (χ0) is 22.0. The highest BCUT2D eigenvalue weighted by atomic mass is 16.7. The Morgan fingerprint density at radius 2 is 1.58 bits per heavy atom. The van der Waals surface area contributed by atoms with E-state index < -0.39 is 36.2 Å². The number of carbonyl (C=O) groups excluding carboxylic acids is 4. The maximum absolute atomic E-state index is 12.6. The van der Waals surface area contributed by atoms with Gasteiger partial charge in [-0.2, -0.15) is 0 Å². The molecule has 2 aromatic rings. The summed E-state index contributed by atoms with van der Waals surface area (Å²) in [5, 5.41) is 10.0. The first kappa shape index (κ1) is 20.5. The van der Waals surface area contributed by atoms with E-state index in [-0.39, 0.29) is 26.1 Å². The van der Waals surface area contributed by atoms with Crippen LogP contribution >= 0.6 is 0 Å². The fourth-order valence-electron chi connectivity index (χ4n) is 3.78. The lowest BCUT2D eigenvalue weighted by atomic mass is 10.1. The number of hydrogen-bond donors (Lipinski definition) is 1. The Bertz CT molecular complexity index is 989. The van der Waals surface area contributed by atoms with Crippen LogP contribution < -0.4 is 0 Å². The van der Waals surface area contributed by atoms with E-state index in [1.807, 2.05) is 6.07 Å². The summed E-state index contributed by atoms with van der Waals surface area (Å²) in [7, 11) is 0. The summed E-state index contributed by atoms with van der Waals surface area (Å²) in [6.45, 7) is -0.260. The average molecular weight is 424 g/mol. The second-order valence-electron chi connectivity index (χ2n) is 7.35. The van der Waals surface area contributed by atoms with Gasteiger partial charge in [-0.3, -0.25) is 14.5 Å². The van der Waals surface area contributed by atoms with Crippen LogP contribution in [0.1, 0.15) is 32.7 Å². The zero-order valence-electron chi connectivity index (χ0n) is 16.5. The van der Waals surface area contributed by atoms with Gasteiger partial charge in [-0.15, -0.1) is 0 Å². The Balaban J connectivity index is 1.38. The summed E-state index contributed by atoms with van der Waals surface area (Å²) < 4.78 is 9.68. The summed E-state index contributed by atoms with van der Waals surface area (Å²) in [6.07, 6.45) is -2.90. The van der Waals surface area contributed by atoms with Crippen LogP contribution in [0.2, 0.25) is 0 Å². The minimum Gasteiger partial charge on any atom is -0.429 e. The van der Waals surface area contributed by atoms with Gasteiger partial charge < -0.3 is 19.5 Å². The number of carbonyl (C=O) groups is 4. The van der Waals surface area contributed by atoms with E-state index in [1.165, 1.54) is 0 Å². The number of aliphatic hydroxyl groups excluding tert-OH is 1. The van der Waals surface area contributed by atoms with Crippen molar-refractivity contribution in [2.24, 2.45) is 0 Å². The van der Waals surface area contributed by atoms with Crippen molar-refractivity contribution in [3.63, 3.8) is 0 Å². The molecule has 1 saturated heterocycles. The van der Waals surface area contributed by atoms with Gasteiger partial charge in [0, 0.05) is 0 Å². The quantitative estimate of drug-likeness (QED) is 0.455. The topological polar surface area (TPSA) is 113 Å². The lowest BCUT2D eigenvalue weighted by molar-refractivity contribution is 0.0465. The maximum atomic E-state index is 12.6. The highest BCUT2D eigenvalue weighted by Gasteiger charge is 2.42. The molecule has 2 aliphatic rings. The smallest absolute Gasteiger partial charge is 0.429 e. The number of nitrogens with zero attached hydrogens (tertiary/aromatic N) is 2. The second kappa shape index (κ2) is 8.57. The van der Waals surface area contributed by atoms with Gasteiger partial charge >= 0.3 is 12.2 Å². The fraction of sp³-hybridized carbons (Fsp3) is 0.273. The summed E-state index contributed by atoms with van der Waals surface area (Å²) >= 11 is 0. The van der Waals surface area contributed by atoms with E-state index in [0.717, 1.165) is 15.4 Å². The van der Waals surface area contributed by atoms with E-state index in [4.69, 9.17) is 9.47 Å². The summed E-state index contributed by atoms with van der Waals surface area (Å²) in [5.41, 5.74) is 1.32. The van der Waals surface area contributed by atoms with Crippen molar-refractivity contribution in [1.82, 2.24) is 9.80 Å². The number of aliphatic hydroxyl groups is 1. The summed E-state index contributed by atoms with van der Waals surface area (Å²) in [5.74, 6) is -0.921. The third kappa shape index (κ3) is 4.26. The predicted molar refractivity (Wildman–Crippen MR) is 106 cm³/mol. The first-order valence-electron chi connectivity index (χ1n) is 9.76. The molecule has 0 aliphatic carbocycles. The number of benzene rings is 2. The molecule has 9 heteroatoms. The Kier molecular flexibility index (Phi) is 5.68. The molecule has 31 heavy (non-hydrogen) atoms. The van der Waals surface area contributed by atoms with E-state index in [9.17, 15) is 24.3 Å². The van der Waals surface area contributed by atoms with Gasteiger partial charge in [0.15, 0.2) is 0 Å². The van der Waals surface area contributed by atoms with Crippen molar-refractivity contribution in [3.8, 4) is 0 Å². The molecule has 9 nitrogen and oxygen atoms in total. The molecule has 0 spiro atoms. The highest BCUT2D eigenvalue weighted by Crippen LogP contribution is 2.26. The third-order valence-electron chi connectivity index (χ3n) is 5.27. The van der Waals surface area contributed by atoms with Crippen LogP contribution in [0.4, 0.5) is 9.59 Å². The van der Waals surface area contributed by atoms with Crippen LogP contribution in [0.3, 0.4) is 0 Å². The lowest BCUT2D eigenvalue weighted by Crippen LogP contribution is -2.45. The Hall–Kier alpha value is -3.72. The van der Waals surface area contributed by atoms with Crippen molar-refractivity contribution in [1.29, 1.82) is 0 Å². The monoisotopic (exact) mass is 424 g/mol. The van der Waals surface area contributed by atoms with Crippen molar-refractivity contribution in [2.45, 2.75) is 25.2 Å². The van der Waals surface area contributed by atoms with Crippen LogP contribution in [-0.2, 0) is 16.1 Å². The molecule has 0 bridgehead atoms. The molecule has 3 amide bonds. The van der Waals surface area contributed by atoms with Gasteiger partial charge in [0.05, 0.1) is 36.4 Å². The van der Waals surface area contributed by atoms with Gasteiger partial charge in [-0.05, 0) is 24.1 Å². The number of hydrogen-bond acceptors (Lipinski definition) is 7. The van der Waals surface area contributed by atoms with E-state index in [1.54, 1.807) is 48.5 Å². The molecule has 0 saturated carbocycles. The van der Waals surface area contributed by atoms with Crippen molar-refractivity contribution >= 4 is 24.1 Å². The molecule has 0 aromatic heterocycles. The molecule has 2 aromatic carbocycles. The highest BCUT2D eigenvalue weighted by molar-refractivity contribution is 6.21. The van der Waals surface area contributed by atoms with Crippen LogP contribution in [0.5, 0.6) is 0 Å². The second-order valence-corrected chi connectivity index (χ2v) is 7.35. The zero-order valence-corrected chi connectivity index (χ0v) is 16.5. The van der Waals surface area contributed by atoms with Crippen molar-refractivity contribution in [2.75, 3.05) is 13.1 Å². The normalized spacial score (nSPS) is 20.0. The molecule has 160 valence electrons. The summed E-state index contributed by atoms with van der Waals surface area (Å²) in [6, 6.07) is 14.7. The lowest BCUT2D eigenvalue weighted by Gasteiger charge is -2.26. The maximum Gasteiger partial charge on any atom is 0.517 e. The molecule has 1 fully saturated rings. The summed E-state index contributed by atoms with van der Waals surface area (Å²) in [4.78, 5) is 51.7. The number of fused-ring (bicyclic) bond motifs is 1. The Labute approximate surface area is 177 Å². The molecule has 4 rings (SSSR count). The molecule has 2 heterocycles. The van der Waals surface area contributed by atoms with Gasteiger partial charge in [-0.25, -0.2) is 9.59 Å². The van der Waals surface area contributed by atoms with Gasteiger partial charge in [0.2, 0.25) is 0 Å². The number of ether oxygens (including phenoxy) is 2. The minimum atomic E-state index is -1.17. The van der Waals surface area contributed by atoms with Crippen LogP contribution in [0.15, 0.2) is 54.6 Å². The molecule has 2 atom stereocenters. The van der Waals surface area contributed by atoms with Crippen molar-refractivity contribution in [3.05, 3.63) is 71.3 Å². The third-order valence-corrected chi connectivity index (χ3v) is 5.27. The van der Waals surface area contributed by atoms with E-state index in [2.05, 4.69) is 0 Å². The minimum absolute atomic E-state index is 0.0615. The van der Waals surface area contributed by atoms with Gasteiger partial charge in [0.25, 0.3) is 11.8 Å². The Morgan fingerprint density at radius 3 is 2.23 bits per heavy atom. The van der Waals surface area contributed by atoms with Gasteiger partial charge in [-0.1, -0.05) is 42.5 Å². The average Bonchev–Trinajstić information content (AvgIpc) is 3.26. The van der Waals surface area contributed by atoms with E-state index in [0.29, 0.717) is 11.1 Å². The standard InChI is InChI=1S/C22H20N2O7/c25-16-10-15(11-24-19(26)17-8-4-5-9-18(17)20(24)27)23(12-16)21(28)31-22(29)30-13-14-6-2-1-3-7-14/h1-9,15-16,25H,10-13H2/t15-,16?/m0/s1. The number of rotatable bonds is 4. The molecule has 2 aliphatic heterocycles. The van der Waals surface area contributed by atoms with Crippen molar-refractivity contribution < 1.29 is 33.8 Å². The number of likely N-dealkylation sites (tertiary alicyclic amines) is 1. The molecule has 0 radical (unpaired) electrons. The van der Waals surface area contributed by atoms with Gasteiger partial charge in [0.1, 0.15) is 6.61 Å². The molecule has 1 unspecified atom stereocenters. The SMILES string of the molecule is O=C(OCc1ccccc1)OC(=O)N1CC(O)C[C@H]1CN1C(=O)c2ccccc2C1=O. The molecular weight excluding hydrogens is 404 g/mol. The molecule has 1 N–H and O–H groups in total. The number of amides is 3. The van der Waals surface area contributed by atoms with Crippen LogP contribution in [0, 0.1) is 0 Å². The largest absolute Gasteiger partial charge is 0.517 e. The number of β-amino-alcohol motifs (C(OH)–C–C–N with tert-alkyl or cyclic N) is 1. The van der Waals surface area contributed by atoms with Crippen LogP contribution in [0.25, 0.3) is 0 Å². The Morgan fingerprint density at radius 1 is 0.968 bits per heavy atom.